The van der Waals surface area contributed by atoms with Crippen LogP contribution in [0.3, 0.4) is 0 Å². The summed E-state index contributed by atoms with van der Waals surface area (Å²) in [5.41, 5.74) is 1.90. The molecular weight excluding hydrogens is 239 g/mol. The van der Waals surface area contributed by atoms with Crippen molar-refractivity contribution in [1.29, 1.82) is 0 Å². The first-order valence-corrected chi connectivity index (χ1v) is 7.45. The SMILES string of the molecule is CCNCc1c(F)cccc1N1CCCC(C)CC1. The Morgan fingerprint density at radius 1 is 1.32 bits per heavy atom. The number of benzene rings is 1. The van der Waals surface area contributed by atoms with Crippen molar-refractivity contribution in [3.8, 4) is 0 Å². The molecule has 1 aromatic rings. The highest BCUT2D eigenvalue weighted by molar-refractivity contribution is 5.54. The van der Waals surface area contributed by atoms with Gasteiger partial charge in [0.2, 0.25) is 0 Å². The van der Waals surface area contributed by atoms with Crippen LogP contribution < -0.4 is 10.2 Å². The number of rotatable bonds is 4. The molecule has 1 aliphatic rings. The Bertz CT molecular complexity index is 406. The first-order chi connectivity index (χ1) is 9.22. The van der Waals surface area contributed by atoms with E-state index in [-0.39, 0.29) is 5.82 Å². The second-order valence-electron chi connectivity index (χ2n) is 5.54. The van der Waals surface area contributed by atoms with Crippen LogP contribution >= 0.6 is 0 Å². The Balaban J connectivity index is 2.20. The summed E-state index contributed by atoms with van der Waals surface area (Å²) >= 11 is 0. The van der Waals surface area contributed by atoms with E-state index in [1.165, 1.54) is 19.3 Å². The minimum absolute atomic E-state index is 0.0873. The molecule has 0 aliphatic carbocycles. The topological polar surface area (TPSA) is 15.3 Å². The van der Waals surface area contributed by atoms with E-state index in [0.29, 0.717) is 6.54 Å². The third-order valence-corrected chi connectivity index (χ3v) is 4.00. The van der Waals surface area contributed by atoms with Gasteiger partial charge in [0, 0.05) is 30.9 Å². The number of halogens is 1. The van der Waals surface area contributed by atoms with Crippen molar-refractivity contribution in [2.45, 2.75) is 39.7 Å². The molecular formula is C16H25FN2. The molecule has 0 amide bonds. The number of hydrogen-bond acceptors (Lipinski definition) is 2. The lowest BCUT2D eigenvalue weighted by Crippen LogP contribution is -2.27. The summed E-state index contributed by atoms with van der Waals surface area (Å²) < 4.78 is 14.0. The zero-order valence-corrected chi connectivity index (χ0v) is 12.1. The fourth-order valence-electron chi connectivity index (χ4n) is 2.77. The van der Waals surface area contributed by atoms with E-state index in [2.05, 4.69) is 23.2 Å². The van der Waals surface area contributed by atoms with Crippen molar-refractivity contribution in [3.05, 3.63) is 29.6 Å². The lowest BCUT2D eigenvalue weighted by molar-refractivity contribution is 0.521. The molecule has 1 saturated heterocycles. The minimum Gasteiger partial charge on any atom is -0.371 e. The van der Waals surface area contributed by atoms with E-state index in [1.54, 1.807) is 6.07 Å². The molecule has 1 aliphatic heterocycles. The van der Waals surface area contributed by atoms with Crippen LogP contribution in [0.2, 0.25) is 0 Å². The molecule has 1 unspecified atom stereocenters. The Hall–Kier alpha value is -1.09. The van der Waals surface area contributed by atoms with Gasteiger partial charge in [0.05, 0.1) is 0 Å². The van der Waals surface area contributed by atoms with E-state index in [4.69, 9.17) is 0 Å². The molecule has 2 rings (SSSR count). The zero-order chi connectivity index (χ0) is 13.7. The van der Waals surface area contributed by atoms with Crippen LogP contribution in [0.1, 0.15) is 38.7 Å². The van der Waals surface area contributed by atoms with Crippen molar-refractivity contribution in [2.24, 2.45) is 5.92 Å². The van der Waals surface area contributed by atoms with Crippen LogP contribution in [0.25, 0.3) is 0 Å². The first kappa shape index (κ1) is 14.3. The molecule has 1 atom stereocenters. The van der Waals surface area contributed by atoms with Crippen molar-refractivity contribution in [3.63, 3.8) is 0 Å². The third-order valence-electron chi connectivity index (χ3n) is 4.00. The fourth-order valence-corrected chi connectivity index (χ4v) is 2.77. The summed E-state index contributed by atoms with van der Waals surface area (Å²) in [6, 6.07) is 5.46. The van der Waals surface area contributed by atoms with E-state index in [0.717, 1.165) is 36.8 Å². The molecule has 1 N–H and O–H groups in total. The van der Waals surface area contributed by atoms with Gasteiger partial charge in [-0.05, 0) is 43.9 Å². The maximum atomic E-state index is 14.0. The Morgan fingerprint density at radius 3 is 2.95 bits per heavy atom. The van der Waals surface area contributed by atoms with Crippen LogP contribution in [0.15, 0.2) is 18.2 Å². The predicted octanol–water partition coefficient (Wildman–Crippen LogP) is 3.56. The van der Waals surface area contributed by atoms with Gasteiger partial charge >= 0.3 is 0 Å². The summed E-state index contributed by atoms with van der Waals surface area (Å²) in [5, 5.41) is 3.24. The maximum Gasteiger partial charge on any atom is 0.129 e. The largest absolute Gasteiger partial charge is 0.371 e. The van der Waals surface area contributed by atoms with E-state index >= 15 is 0 Å². The molecule has 0 spiro atoms. The van der Waals surface area contributed by atoms with E-state index < -0.39 is 0 Å². The molecule has 0 radical (unpaired) electrons. The Morgan fingerprint density at radius 2 is 2.16 bits per heavy atom. The van der Waals surface area contributed by atoms with Crippen molar-refractivity contribution >= 4 is 5.69 Å². The molecule has 3 heteroatoms. The predicted molar refractivity (Wildman–Crippen MR) is 79.0 cm³/mol. The Kier molecular flexibility index (Phi) is 5.20. The van der Waals surface area contributed by atoms with Crippen molar-refractivity contribution < 1.29 is 4.39 Å². The van der Waals surface area contributed by atoms with Crippen LogP contribution in [-0.4, -0.2) is 19.6 Å². The summed E-state index contributed by atoms with van der Waals surface area (Å²) in [4.78, 5) is 2.36. The lowest BCUT2D eigenvalue weighted by atomic mass is 10.0. The third kappa shape index (κ3) is 3.69. The van der Waals surface area contributed by atoms with E-state index in [9.17, 15) is 4.39 Å². The summed E-state index contributed by atoms with van der Waals surface area (Å²) in [6.45, 7) is 7.94. The zero-order valence-electron chi connectivity index (χ0n) is 12.1. The fraction of sp³-hybridized carbons (Fsp3) is 0.625. The van der Waals surface area contributed by atoms with Gasteiger partial charge in [0.25, 0.3) is 0 Å². The summed E-state index contributed by atoms with van der Waals surface area (Å²) in [6.07, 6.45) is 3.70. The smallest absolute Gasteiger partial charge is 0.129 e. The normalized spacial score (nSPS) is 20.4. The van der Waals surface area contributed by atoms with Crippen molar-refractivity contribution in [1.82, 2.24) is 5.32 Å². The first-order valence-electron chi connectivity index (χ1n) is 7.45. The van der Waals surface area contributed by atoms with Gasteiger partial charge < -0.3 is 10.2 Å². The molecule has 19 heavy (non-hydrogen) atoms. The monoisotopic (exact) mass is 264 g/mol. The molecule has 0 aromatic heterocycles. The standard InChI is InChI=1S/C16H25FN2/c1-3-18-12-14-15(17)7-4-8-16(14)19-10-5-6-13(2)9-11-19/h4,7-8,13,18H,3,5-6,9-12H2,1-2H3. The number of hydrogen-bond donors (Lipinski definition) is 1. The highest BCUT2D eigenvalue weighted by atomic mass is 19.1. The van der Waals surface area contributed by atoms with Gasteiger partial charge in [-0.15, -0.1) is 0 Å². The number of anilines is 1. The summed E-state index contributed by atoms with van der Waals surface area (Å²) in [5.74, 6) is 0.700. The molecule has 0 saturated carbocycles. The molecule has 0 bridgehead atoms. The van der Waals surface area contributed by atoms with Crippen LogP contribution in [0.5, 0.6) is 0 Å². The quantitative estimate of drug-likeness (QED) is 0.894. The van der Waals surface area contributed by atoms with Gasteiger partial charge in [-0.25, -0.2) is 4.39 Å². The minimum atomic E-state index is -0.0873. The average molecular weight is 264 g/mol. The molecule has 1 heterocycles. The Labute approximate surface area is 116 Å². The highest BCUT2D eigenvalue weighted by Crippen LogP contribution is 2.27. The molecule has 1 fully saturated rings. The van der Waals surface area contributed by atoms with Crippen LogP contribution in [0, 0.1) is 11.7 Å². The van der Waals surface area contributed by atoms with E-state index in [1.807, 2.05) is 13.0 Å². The molecule has 2 nitrogen and oxygen atoms in total. The van der Waals surface area contributed by atoms with Crippen LogP contribution in [-0.2, 0) is 6.54 Å². The van der Waals surface area contributed by atoms with Gasteiger partial charge in [-0.1, -0.05) is 19.9 Å². The number of nitrogens with one attached hydrogen (secondary N) is 1. The van der Waals surface area contributed by atoms with Gasteiger partial charge in [-0.3, -0.25) is 0 Å². The average Bonchev–Trinajstić information content (AvgIpc) is 2.62. The van der Waals surface area contributed by atoms with Crippen molar-refractivity contribution in [2.75, 3.05) is 24.5 Å². The van der Waals surface area contributed by atoms with Gasteiger partial charge in [-0.2, -0.15) is 0 Å². The highest BCUT2D eigenvalue weighted by Gasteiger charge is 2.18. The van der Waals surface area contributed by atoms with Gasteiger partial charge in [0.15, 0.2) is 0 Å². The van der Waals surface area contributed by atoms with Crippen LogP contribution in [0.4, 0.5) is 10.1 Å². The molecule has 106 valence electrons. The number of nitrogens with zero attached hydrogens (tertiary/aromatic N) is 1. The second kappa shape index (κ2) is 6.90. The molecule has 1 aromatic carbocycles. The van der Waals surface area contributed by atoms with Gasteiger partial charge in [0.1, 0.15) is 5.82 Å². The maximum absolute atomic E-state index is 14.0. The summed E-state index contributed by atoms with van der Waals surface area (Å²) in [7, 11) is 0. The lowest BCUT2D eigenvalue weighted by Gasteiger charge is -2.26. The second-order valence-corrected chi connectivity index (χ2v) is 5.54.